The first-order valence-electron chi connectivity index (χ1n) is 7.69. The molecule has 1 aliphatic rings. The van der Waals surface area contributed by atoms with Crippen LogP contribution in [0.15, 0.2) is 53.4 Å². The third-order valence-electron chi connectivity index (χ3n) is 4.50. The van der Waals surface area contributed by atoms with Gasteiger partial charge in [0.25, 0.3) is 0 Å². The summed E-state index contributed by atoms with van der Waals surface area (Å²) in [5, 5.41) is 4.13. The van der Waals surface area contributed by atoms with E-state index in [1.54, 1.807) is 0 Å². The number of aryl methyl sites for hydroxylation is 1. The molecule has 3 atom stereocenters. The van der Waals surface area contributed by atoms with Gasteiger partial charge in [0.15, 0.2) is 0 Å². The van der Waals surface area contributed by atoms with Crippen molar-refractivity contribution in [2.75, 3.05) is 7.05 Å². The van der Waals surface area contributed by atoms with Crippen LogP contribution in [0.2, 0.25) is 0 Å². The molecule has 2 aromatic carbocycles. The Morgan fingerprint density at radius 2 is 1.67 bits per heavy atom. The fourth-order valence-corrected chi connectivity index (χ4v) is 4.90. The Bertz CT molecular complexity index is 622. The lowest BCUT2D eigenvalue weighted by molar-refractivity contribution is 0.473. The van der Waals surface area contributed by atoms with Crippen LogP contribution in [-0.2, 0) is 0 Å². The van der Waals surface area contributed by atoms with E-state index in [4.69, 9.17) is 0 Å². The lowest BCUT2D eigenvalue weighted by Crippen LogP contribution is -2.33. The van der Waals surface area contributed by atoms with E-state index >= 15 is 0 Å². The van der Waals surface area contributed by atoms with Crippen LogP contribution in [0.3, 0.4) is 0 Å². The van der Waals surface area contributed by atoms with E-state index in [1.165, 1.54) is 28.0 Å². The highest BCUT2D eigenvalue weighted by Gasteiger charge is 2.32. The molecule has 1 aliphatic carbocycles. The molecule has 0 bridgehead atoms. The number of benzene rings is 2. The van der Waals surface area contributed by atoms with E-state index in [1.807, 2.05) is 11.8 Å². The molecule has 1 nitrogen and oxygen atoms in total. The molecule has 0 aromatic heterocycles. The van der Waals surface area contributed by atoms with Crippen LogP contribution in [-0.4, -0.2) is 12.3 Å². The van der Waals surface area contributed by atoms with Gasteiger partial charge in [-0.15, -0.1) is 11.8 Å². The monoisotopic (exact) mass is 297 g/mol. The minimum absolute atomic E-state index is 0.432. The number of rotatable bonds is 3. The average molecular weight is 297 g/mol. The topological polar surface area (TPSA) is 12.0 Å². The summed E-state index contributed by atoms with van der Waals surface area (Å²) in [5.74, 6) is 0.632. The molecule has 0 fully saturated rings. The first-order valence-corrected chi connectivity index (χ1v) is 8.57. The van der Waals surface area contributed by atoms with Crippen LogP contribution < -0.4 is 5.32 Å². The van der Waals surface area contributed by atoms with Gasteiger partial charge in [0.2, 0.25) is 0 Å². The minimum Gasteiger partial charge on any atom is -0.312 e. The zero-order chi connectivity index (χ0) is 14.8. The summed E-state index contributed by atoms with van der Waals surface area (Å²) in [4.78, 5) is 1.41. The van der Waals surface area contributed by atoms with Crippen LogP contribution in [0, 0.1) is 6.92 Å². The smallest absolute Gasteiger partial charge is 0.0444 e. The van der Waals surface area contributed by atoms with Crippen LogP contribution in [0.4, 0.5) is 0 Å². The first kappa shape index (κ1) is 14.7. The highest BCUT2D eigenvalue weighted by molar-refractivity contribution is 8.00. The van der Waals surface area contributed by atoms with Gasteiger partial charge in [-0.1, -0.05) is 49.4 Å². The van der Waals surface area contributed by atoms with Gasteiger partial charge in [-0.3, -0.25) is 0 Å². The second-order valence-electron chi connectivity index (χ2n) is 5.95. The van der Waals surface area contributed by atoms with E-state index in [-0.39, 0.29) is 0 Å². The molecule has 0 aliphatic heterocycles. The summed E-state index contributed by atoms with van der Waals surface area (Å²) >= 11 is 2.03. The van der Waals surface area contributed by atoms with E-state index in [9.17, 15) is 0 Å². The van der Waals surface area contributed by atoms with E-state index < -0.39 is 0 Å². The molecular weight excluding hydrogens is 274 g/mol. The highest BCUT2D eigenvalue weighted by atomic mass is 32.2. The Labute approximate surface area is 132 Å². The van der Waals surface area contributed by atoms with Crippen molar-refractivity contribution in [1.29, 1.82) is 0 Å². The van der Waals surface area contributed by atoms with Gasteiger partial charge in [-0.2, -0.15) is 0 Å². The highest BCUT2D eigenvalue weighted by Crippen LogP contribution is 2.45. The van der Waals surface area contributed by atoms with Crippen molar-refractivity contribution in [2.24, 2.45) is 0 Å². The van der Waals surface area contributed by atoms with Crippen LogP contribution in [0.1, 0.15) is 42.0 Å². The molecule has 0 spiro atoms. The number of hydrogen-bond donors (Lipinski definition) is 1. The maximum absolute atomic E-state index is 3.55. The molecule has 0 saturated carbocycles. The van der Waals surface area contributed by atoms with Crippen LogP contribution in [0.5, 0.6) is 0 Å². The van der Waals surface area contributed by atoms with Gasteiger partial charge in [0.1, 0.15) is 0 Å². The molecule has 3 rings (SSSR count). The van der Waals surface area contributed by atoms with Crippen LogP contribution >= 0.6 is 11.8 Å². The Hall–Kier alpha value is -1.25. The van der Waals surface area contributed by atoms with Gasteiger partial charge >= 0.3 is 0 Å². The fraction of sp³-hybridized carbons (Fsp3) is 0.368. The Morgan fingerprint density at radius 1 is 1.00 bits per heavy atom. The van der Waals surface area contributed by atoms with Crippen molar-refractivity contribution in [3.05, 3.63) is 65.2 Å². The number of nitrogens with one attached hydrogen (secondary N) is 1. The summed E-state index contributed by atoms with van der Waals surface area (Å²) in [7, 11) is 2.09. The van der Waals surface area contributed by atoms with Gasteiger partial charge in [-0.05, 0) is 49.1 Å². The predicted octanol–water partition coefficient (Wildman–Crippen LogP) is 4.92. The molecule has 0 saturated heterocycles. The van der Waals surface area contributed by atoms with E-state index in [0.717, 1.165) is 0 Å². The molecule has 1 N–H and O–H groups in total. The Morgan fingerprint density at radius 3 is 2.38 bits per heavy atom. The van der Waals surface area contributed by atoms with Crippen molar-refractivity contribution >= 4 is 11.8 Å². The Kier molecular flexibility index (Phi) is 4.37. The zero-order valence-corrected chi connectivity index (χ0v) is 13.8. The van der Waals surface area contributed by atoms with Gasteiger partial charge in [-0.25, -0.2) is 0 Å². The normalized spacial score (nSPS) is 24.6. The molecule has 3 unspecified atom stereocenters. The van der Waals surface area contributed by atoms with Gasteiger partial charge < -0.3 is 5.32 Å². The quantitative estimate of drug-likeness (QED) is 0.862. The third-order valence-corrected chi connectivity index (χ3v) is 5.98. The SMILES string of the molecule is CNC1c2ccccc2C(C)CC1Sc1ccccc1C. The second kappa shape index (κ2) is 6.25. The molecule has 21 heavy (non-hydrogen) atoms. The summed E-state index contributed by atoms with van der Waals surface area (Å²) in [6.45, 7) is 4.56. The van der Waals surface area contributed by atoms with Crippen molar-refractivity contribution in [1.82, 2.24) is 5.32 Å². The summed E-state index contributed by atoms with van der Waals surface area (Å²) < 4.78 is 0. The molecule has 0 radical (unpaired) electrons. The minimum atomic E-state index is 0.432. The maximum atomic E-state index is 3.55. The standard InChI is InChI=1S/C19H23NS/c1-13-8-4-7-11-17(13)21-18-12-14(2)15-9-5-6-10-16(15)19(18)20-3/h4-11,14,18-20H,12H2,1-3H3. The van der Waals surface area contributed by atoms with Crippen molar-refractivity contribution in [3.8, 4) is 0 Å². The molecule has 2 heteroatoms. The number of hydrogen-bond acceptors (Lipinski definition) is 2. The summed E-state index contributed by atoms with van der Waals surface area (Å²) in [5.41, 5.74) is 4.37. The van der Waals surface area contributed by atoms with Crippen molar-refractivity contribution < 1.29 is 0 Å². The van der Waals surface area contributed by atoms with Crippen LogP contribution in [0.25, 0.3) is 0 Å². The molecule has 2 aromatic rings. The zero-order valence-electron chi connectivity index (χ0n) is 13.0. The van der Waals surface area contributed by atoms with E-state index in [2.05, 4.69) is 74.7 Å². The molecule has 110 valence electrons. The summed E-state index contributed by atoms with van der Waals surface area (Å²) in [6.07, 6.45) is 1.22. The predicted molar refractivity (Wildman–Crippen MR) is 92.1 cm³/mol. The lowest BCUT2D eigenvalue weighted by Gasteiger charge is -2.36. The number of thioether (sulfide) groups is 1. The summed E-state index contributed by atoms with van der Waals surface area (Å²) in [6, 6.07) is 18.1. The van der Waals surface area contributed by atoms with Gasteiger partial charge in [0.05, 0.1) is 0 Å². The third kappa shape index (κ3) is 2.88. The molecule has 0 amide bonds. The maximum Gasteiger partial charge on any atom is 0.0444 e. The fourth-order valence-electron chi connectivity index (χ4n) is 3.36. The number of fused-ring (bicyclic) bond motifs is 1. The average Bonchev–Trinajstić information content (AvgIpc) is 2.50. The largest absolute Gasteiger partial charge is 0.312 e. The lowest BCUT2D eigenvalue weighted by atomic mass is 9.81. The van der Waals surface area contributed by atoms with Crippen molar-refractivity contribution in [3.63, 3.8) is 0 Å². The van der Waals surface area contributed by atoms with Crippen molar-refractivity contribution in [2.45, 2.75) is 42.4 Å². The molecular formula is C19H23NS. The Balaban J connectivity index is 1.92. The van der Waals surface area contributed by atoms with Gasteiger partial charge in [0, 0.05) is 16.2 Å². The second-order valence-corrected chi connectivity index (χ2v) is 7.23. The molecule has 0 heterocycles. The van der Waals surface area contributed by atoms with E-state index in [0.29, 0.717) is 17.2 Å². The first-order chi connectivity index (χ1) is 10.2.